The number of hydrogen-bond donors (Lipinski definition) is 2. The molecule has 112 valence electrons. The number of piperidine rings is 1. The van der Waals surface area contributed by atoms with Crippen LogP contribution in [0.25, 0.3) is 0 Å². The Morgan fingerprint density at radius 3 is 2.80 bits per heavy atom. The summed E-state index contributed by atoms with van der Waals surface area (Å²) in [5, 5.41) is 12.7. The van der Waals surface area contributed by atoms with Crippen LogP contribution in [0.3, 0.4) is 0 Å². The summed E-state index contributed by atoms with van der Waals surface area (Å²) in [6.45, 7) is 3.47. The van der Waals surface area contributed by atoms with E-state index in [0.29, 0.717) is 44.8 Å². The molecule has 0 saturated carbocycles. The minimum atomic E-state index is -0.237. The Labute approximate surface area is 119 Å². The Morgan fingerprint density at radius 1 is 1.40 bits per heavy atom. The van der Waals surface area contributed by atoms with Gasteiger partial charge in [-0.2, -0.15) is 0 Å². The number of aliphatic hydroxyl groups excluding tert-OH is 1. The van der Waals surface area contributed by atoms with E-state index in [-0.39, 0.29) is 11.9 Å². The lowest BCUT2D eigenvalue weighted by atomic mass is 10.1. The van der Waals surface area contributed by atoms with E-state index in [1.54, 1.807) is 13.2 Å². The smallest absolute Gasteiger partial charge is 0.146 e. The van der Waals surface area contributed by atoms with Crippen molar-refractivity contribution in [2.24, 2.45) is 0 Å². The zero-order chi connectivity index (χ0) is 14.4. The van der Waals surface area contributed by atoms with Crippen LogP contribution in [0.4, 0.5) is 10.1 Å². The van der Waals surface area contributed by atoms with Crippen molar-refractivity contribution in [1.82, 2.24) is 5.32 Å². The van der Waals surface area contributed by atoms with Crippen LogP contribution in [0.2, 0.25) is 0 Å². The van der Waals surface area contributed by atoms with Crippen LogP contribution in [0.1, 0.15) is 18.4 Å². The molecule has 1 heterocycles. The Morgan fingerprint density at radius 2 is 2.15 bits per heavy atom. The number of hydrogen-bond acceptors (Lipinski definition) is 4. The molecule has 0 bridgehead atoms. The number of methoxy groups -OCH3 is 1. The van der Waals surface area contributed by atoms with E-state index in [0.717, 1.165) is 12.1 Å². The number of nitrogens with one attached hydrogen (secondary N) is 1. The molecule has 20 heavy (non-hydrogen) atoms. The molecule has 2 rings (SSSR count). The van der Waals surface area contributed by atoms with Crippen LogP contribution in [0, 0.1) is 5.82 Å². The first-order chi connectivity index (χ1) is 9.70. The van der Waals surface area contributed by atoms with Crippen LogP contribution in [-0.4, -0.2) is 44.6 Å². The number of halogens is 1. The molecule has 0 aliphatic carbocycles. The largest absolute Gasteiger partial charge is 0.393 e. The highest BCUT2D eigenvalue weighted by molar-refractivity contribution is 5.49. The lowest BCUT2D eigenvalue weighted by Gasteiger charge is -2.31. The van der Waals surface area contributed by atoms with Gasteiger partial charge in [0, 0.05) is 33.3 Å². The first-order valence-corrected chi connectivity index (χ1v) is 7.12. The second-order valence-electron chi connectivity index (χ2n) is 5.17. The number of anilines is 1. The molecule has 2 N–H and O–H groups in total. The van der Waals surface area contributed by atoms with Crippen molar-refractivity contribution in [1.29, 1.82) is 0 Å². The first kappa shape index (κ1) is 15.2. The summed E-state index contributed by atoms with van der Waals surface area (Å²) < 4.78 is 19.1. The van der Waals surface area contributed by atoms with E-state index in [2.05, 4.69) is 5.32 Å². The normalized spacial score (nSPS) is 16.6. The second-order valence-corrected chi connectivity index (χ2v) is 5.17. The van der Waals surface area contributed by atoms with Crippen LogP contribution >= 0.6 is 0 Å². The fourth-order valence-electron chi connectivity index (χ4n) is 2.43. The predicted octanol–water partition coefficient (Wildman–Crippen LogP) is 1.52. The average Bonchev–Trinajstić information content (AvgIpc) is 2.45. The zero-order valence-corrected chi connectivity index (χ0v) is 11.9. The molecule has 4 nitrogen and oxygen atoms in total. The van der Waals surface area contributed by atoms with Crippen molar-refractivity contribution in [2.45, 2.75) is 25.5 Å². The molecule has 0 spiro atoms. The van der Waals surface area contributed by atoms with E-state index < -0.39 is 0 Å². The summed E-state index contributed by atoms with van der Waals surface area (Å²) in [4.78, 5) is 2.00. The summed E-state index contributed by atoms with van der Waals surface area (Å²) in [6.07, 6.45) is 1.18. The molecular formula is C15H23FN2O2. The summed E-state index contributed by atoms with van der Waals surface area (Å²) >= 11 is 0. The molecule has 5 heteroatoms. The summed E-state index contributed by atoms with van der Waals surface area (Å²) in [5.74, 6) is -0.188. The van der Waals surface area contributed by atoms with Gasteiger partial charge in [0.1, 0.15) is 5.82 Å². The van der Waals surface area contributed by atoms with Crippen molar-refractivity contribution in [3.63, 3.8) is 0 Å². The maximum absolute atomic E-state index is 14.2. The van der Waals surface area contributed by atoms with Gasteiger partial charge in [0.15, 0.2) is 0 Å². The van der Waals surface area contributed by atoms with Gasteiger partial charge in [-0.25, -0.2) is 4.39 Å². The van der Waals surface area contributed by atoms with Gasteiger partial charge in [0.2, 0.25) is 0 Å². The standard InChI is InChI=1S/C15H23FN2O2/c1-20-9-6-17-11-12-2-3-15(14(16)10-12)18-7-4-13(19)5-8-18/h2-3,10,13,17,19H,4-9,11H2,1H3. The van der Waals surface area contributed by atoms with Gasteiger partial charge in [-0.05, 0) is 30.5 Å². The molecule has 0 atom stereocenters. The van der Waals surface area contributed by atoms with E-state index in [1.807, 2.05) is 17.0 Å². The van der Waals surface area contributed by atoms with Gasteiger partial charge >= 0.3 is 0 Å². The van der Waals surface area contributed by atoms with Crippen molar-refractivity contribution in [2.75, 3.05) is 38.3 Å². The number of benzene rings is 1. The molecule has 1 aromatic carbocycles. The molecule has 0 amide bonds. The molecule has 0 radical (unpaired) electrons. The number of ether oxygens (including phenoxy) is 1. The number of nitrogens with zero attached hydrogens (tertiary/aromatic N) is 1. The van der Waals surface area contributed by atoms with E-state index in [9.17, 15) is 9.50 Å². The van der Waals surface area contributed by atoms with Crippen LogP contribution in [0.5, 0.6) is 0 Å². The van der Waals surface area contributed by atoms with Crippen LogP contribution < -0.4 is 10.2 Å². The van der Waals surface area contributed by atoms with Gasteiger partial charge < -0.3 is 20.1 Å². The van der Waals surface area contributed by atoms with Gasteiger partial charge in [-0.15, -0.1) is 0 Å². The van der Waals surface area contributed by atoms with Crippen LogP contribution in [-0.2, 0) is 11.3 Å². The Bertz CT molecular complexity index is 420. The maximum atomic E-state index is 14.2. The van der Waals surface area contributed by atoms with E-state index in [4.69, 9.17) is 4.74 Å². The number of rotatable bonds is 6. The SMILES string of the molecule is COCCNCc1ccc(N2CCC(O)CC2)c(F)c1. The zero-order valence-electron chi connectivity index (χ0n) is 11.9. The molecule has 0 aromatic heterocycles. The molecule has 1 saturated heterocycles. The third kappa shape index (κ3) is 4.16. The summed E-state index contributed by atoms with van der Waals surface area (Å²) in [6, 6.07) is 5.36. The molecular weight excluding hydrogens is 259 g/mol. The lowest BCUT2D eigenvalue weighted by molar-refractivity contribution is 0.145. The molecule has 1 aromatic rings. The summed E-state index contributed by atoms with van der Waals surface area (Å²) in [5.41, 5.74) is 1.57. The Hall–Kier alpha value is -1.17. The third-order valence-electron chi connectivity index (χ3n) is 3.63. The minimum absolute atomic E-state index is 0.188. The van der Waals surface area contributed by atoms with Gasteiger partial charge in [-0.1, -0.05) is 6.07 Å². The van der Waals surface area contributed by atoms with E-state index in [1.165, 1.54) is 0 Å². The second kappa shape index (κ2) is 7.57. The lowest BCUT2D eigenvalue weighted by Crippen LogP contribution is -2.36. The van der Waals surface area contributed by atoms with Gasteiger partial charge in [0.05, 0.1) is 18.4 Å². The Kier molecular flexibility index (Phi) is 5.76. The van der Waals surface area contributed by atoms with Gasteiger partial charge in [-0.3, -0.25) is 0 Å². The van der Waals surface area contributed by atoms with Crippen molar-refractivity contribution in [3.8, 4) is 0 Å². The fraction of sp³-hybridized carbons (Fsp3) is 0.600. The summed E-state index contributed by atoms with van der Waals surface area (Å²) in [7, 11) is 1.66. The average molecular weight is 282 g/mol. The number of aliphatic hydroxyl groups is 1. The van der Waals surface area contributed by atoms with Gasteiger partial charge in [0.25, 0.3) is 0 Å². The monoisotopic (exact) mass is 282 g/mol. The first-order valence-electron chi connectivity index (χ1n) is 7.12. The van der Waals surface area contributed by atoms with Crippen molar-refractivity contribution in [3.05, 3.63) is 29.6 Å². The van der Waals surface area contributed by atoms with Crippen molar-refractivity contribution < 1.29 is 14.2 Å². The highest BCUT2D eigenvalue weighted by Crippen LogP contribution is 2.24. The molecule has 0 unspecified atom stereocenters. The van der Waals surface area contributed by atoms with Crippen LogP contribution in [0.15, 0.2) is 18.2 Å². The third-order valence-corrected chi connectivity index (χ3v) is 3.63. The molecule has 1 fully saturated rings. The topological polar surface area (TPSA) is 44.7 Å². The predicted molar refractivity (Wildman–Crippen MR) is 77.4 cm³/mol. The fourth-order valence-corrected chi connectivity index (χ4v) is 2.43. The quantitative estimate of drug-likeness (QED) is 0.777. The van der Waals surface area contributed by atoms with Crippen molar-refractivity contribution >= 4 is 5.69 Å². The Balaban J connectivity index is 1.92. The minimum Gasteiger partial charge on any atom is -0.393 e. The molecule has 1 aliphatic rings. The van der Waals surface area contributed by atoms with E-state index >= 15 is 0 Å². The maximum Gasteiger partial charge on any atom is 0.146 e. The molecule has 1 aliphatic heterocycles. The highest BCUT2D eigenvalue weighted by Gasteiger charge is 2.19. The highest BCUT2D eigenvalue weighted by atomic mass is 19.1.